The van der Waals surface area contributed by atoms with E-state index in [1.807, 2.05) is 12.1 Å². The summed E-state index contributed by atoms with van der Waals surface area (Å²) < 4.78 is 0.775. The molecule has 1 aromatic carbocycles. The van der Waals surface area contributed by atoms with Gasteiger partial charge >= 0.3 is 0 Å². The number of halogens is 1. The fourth-order valence-electron chi connectivity index (χ4n) is 1.12. The minimum Gasteiger partial charge on any atom is -0.345 e. The molecule has 60 valence electrons. The molecule has 1 heterocycles. The van der Waals surface area contributed by atoms with Gasteiger partial charge in [0.2, 0.25) is 0 Å². The predicted molar refractivity (Wildman–Crippen MR) is 49.2 cm³/mol. The van der Waals surface area contributed by atoms with E-state index in [-0.39, 0.29) is 0 Å². The lowest BCUT2D eigenvalue weighted by Crippen LogP contribution is -1.84. The number of H-pyrrole nitrogens is 1. The minimum atomic E-state index is 0.591. The molecule has 0 amide bonds. The second-order valence-corrected chi connectivity index (χ2v) is 3.23. The summed E-state index contributed by atoms with van der Waals surface area (Å²) in [5, 5.41) is 0. The molecular formula is C8H5BrN2O. The zero-order valence-corrected chi connectivity index (χ0v) is 7.63. The van der Waals surface area contributed by atoms with Gasteiger partial charge in [0, 0.05) is 4.47 Å². The first-order chi connectivity index (χ1) is 5.83. The fourth-order valence-corrected chi connectivity index (χ4v) is 1.53. The summed E-state index contributed by atoms with van der Waals surface area (Å²) >= 11 is 3.28. The standard InChI is InChI=1S/C8H5BrN2O/c9-6-1-2-7-8(5(6)3-12)11-4-10-7/h1-4H,(H,10,11). The second kappa shape index (κ2) is 2.71. The summed E-state index contributed by atoms with van der Waals surface area (Å²) in [5.41, 5.74) is 2.17. The van der Waals surface area contributed by atoms with Crippen LogP contribution in [0, 0.1) is 0 Å². The van der Waals surface area contributed by atoms with E-state index in [9.17, 15) is 4.79 Å². The zero-order chi connectivity index (χ0) is 8.55. The molecule has 0 unspecified atom stereocenters. The number of benzene rings is 1. The third-order valence-electron chi connectivity index (χ3n) is 1.70. The summed E-state index contributed by atoms with van der Waals surface area (Å²) in [6.45, 7) is 0. The number of aromatic nitrogens is 2. The van der Waals surface area contributed by atoms with Crippen LogP contribution in [0.25, 0.3) is 11.0 Å². The van der Waals surface area contributed by atoms with Gasteiger partial charge < -0.3 is 4.98 Å². The monoisotopic (exact) mass is 224 g/mol. The van der Waals surface area contributed by atoms with E-state index in [1.54, 1.807) is 6.33 Å². The molecule has 0 aliphatic heterocycles. The molecule has 0 spiro atoms. The summed E-state index contributed by atoms with van der Waals surface area (Å²) in [7, 11) is 0. The maximum atomic E-state index is 10.7. The first-order valence-electron chi connectivity index (χ1n) is 3.39. The number of fused-ring (bicyclic) bond motifs is 1. The second-order valence-electron chi connectivity index (χ2n) is 2.38. The molecule has 0 bridgehead atoms. The molecule has 1 N–H and O–H groups in total. The van der Waals surface area contributed by atoms with Gasteiger partial charge in [0.05, 0.1) is 22.9 Å². The average Bonchev–Trinajstić information content (AvgIpc) is 2.52. The van der Waals surface area contributed by atoms with E-state index in [0.29, 0.717) is 11.1 Å². The van der Waals surface area contributed by atoms with Crippen LogP contribution in [0.2, 0.25) is 0 Å². The Labute approximate surface area is 76.9 Å². The lowest BCUT2D eigenvalue weighted by atomic mass is 10.2. The Bertz CT molecular complexity index is 436. The highest BCUT2D eigenvalue weighted by atomic mass is 79.9. The van der Waals surface area contributed by atoms with Crippen molar-refractivity contribution in [1.29, 1.82) is 0 Å². The van der Waals surface area contributed by atoms with Gasteiger partial charge in [0.1, 0.15) is 0 Å². The molecule has 0 radical (unpaired) electrons. The van der Waals surface area contributed by atoms with Crippen LogP contribution in [-0.2, 0) is 0 Å². The third-order valence-corrected chi connectivity index (χ3v) is 2.39. The van der Waals surface area contributed by atoms with E-state index in [4.69, 9.17) is 0 Å². The van der Waals surface area contributed by atoms with Crippen molar-refractivity contribution in [2.45, 2.75) is 0 Å². The number of aromatic amines is 1. The van der Waals surface area contributed by atoms with Crippen LogP contribution in [-0.4, -0.2) is 16.3 Å². The van der Waals surface area contributed by atoms with Gasteiger partial charge in [-0.15, -0.1) is 0 Å². The van der Waals surface area contributed by atoms with Gasteiger partial charge in [-0.25, -0.2) is 4.98 Å². The first-order valence-corrected chi connectivity index (χ1v) is 4.19. The average molecular weight is 225 g/mol. The molecule has 2 rings (SSSR count). The van der Waals surface area contributed by atoms with Crippen LogP contribution in [0.3, 0.4) is 0 Å². The maximum absolute atomic E-state index is 10.7. The SMILES string of the molecule is O=Cc1c(Br)ccc2[nH]cnc12. The quantitative estimate of drug-likeness (QED) is 0.755. The van der Waals surface area contributed by atoms with Gasteiger partial charge in [-0.1, -0.05) is 0 Å². The highest BCUT2D eigenvalue weighted by Gasteiger charge is 2.05. The number of imidazole rings is 1. The van der Waals surface area contributed by atoms with E-state index in [0.717, 1.165) is 16.3 Å². The number of hydrogen-bond acceptors (Lipinski definition) is 2. The van der Waals surface area contributed by atoms with Crippen LogP contribution in [0.1, 0.15) is 10.4 Å². The summed E-state index contributed by atoms with van der Waals surface area (Å²) in [6.07, 6.45) is 2.37. The van der Waals surface area contributed by atoms with Crippen LogP contribution in [0.15, 0.2) is 22.9 Å². The van der Waals surface area contributed by atoms with Gasteiger partial charge in [0.25, 0.3) is 0 Å². The number of rotatable bonds is 1. The number of carbonyl (C=O) groups excluding carboxylic acids is 1. The van der Waals surface area contributed by atoms with Crippen LogP contribution in [0.4, 0.5) is 0 Å². The van der Waals surface area contributed by atoms with Crippen LogP contribution >= 0.6 is 15.9 Å². The van der Waals surface area contributed by atoms with Crippen molar-refractivity contribution in [3.05, 3.63) is 28.5 Å². The van der Waals surface area contributed by atoms with Crippen molar-refractivity contribution in [2.75, 3.05) is 0 Å². The molecule has 3 nitrogen and oxygen atoms in total. The largest absolute Gasteiger partial charge is 0.345 e. The Morgan fingerprint density at radius 2 is 2.33 bits per heavy atom. The Morgan fingerprint density at radius 1 is 1.50 bits per heavy atom. The molecular weight excluding hydrogens is 220 g/mol. The first kappa shape index (κ1) is 7.49. The highest BCUT2D eigenvalue weighted by molar-refractivity contribution is 9.10. The van der Waals surface area contributed by atoms with Gasteiger partial charge in [-0.05, 0) is 28.1 Å². The van der Waals surface area contributed by atoms with Gasteiger partial charge in [-0.3, -0.25) is 4.79 Å². The summed E-state index contributed by atoms with van der Waals surface area (Å²) in [6, 6.07) is 3.70. The Kier molecular flexibility index (Phi) is 1.69. The molecule has 0 fully saturated rings. The van der Waals surface area contributed by atoms with Crippen molar-refractivity contribution < 1.29 is 4.79 Å². The van der Waals surface area contributed by atoms with E-state index in [2.05, 4.69) is 25.9 Å². The Hall–Kier alpha value is -1.16. The Morgan fingerprint density at radius 3 is 3.08 bits per heavy atom. The normalized spacial score (nSPS) is 10.4. The smallest absolute Gasteiger partial charge is 0.153 e. The lowest BCUT2D eigenvalue weighted by molar-refractivity contribution is 0.112. The zero-order valence-electron chi connectivity index (χ0n) is 6.04. The van der Waals surface area contributed by atoms with Crippen LogP contribution in [0.5, 0.6) is 0 Å². The third kappa shape index (κ3) is 0.956. The summed E-state index contributed by atoms with van der Waals surface area (Å²) in [5.74, 6) is 0. The predicted octanol–water partition coefficient (Wildman–Crippen LogP) is 2.14. The van der Waals surface area contributed by atoms with Gasteiger partial charge in [-0.2, -0.15) is 0 Å². The van der Waals surface area contributed by atoms with Crippen LogP contribution < -0.4 is 0 Å². The number of nitrogens with zero attached hydrogens (tertiary/aromatic N) is 1. The molecule has 4 heteroatoms. The molecule has 0 saturated heterocycles. The van der Waals surface area contributed by atoms with Crippen molar-refractivity contribution in [3.8, 4) is 0 Å². The highest BCUT2D eigenvalue weighted by Crippen LogP contribution is 2.21. The molecule has 1 aromatic heterocycles. The number of hydrogen-bond donors (Lipinski definition) is 1. The number of aldehydes is 1. The molecule has 0 aliphatic rings. The summed E-state index contributed by atoms with van der Waals surface area (Å²) in [4.78, 5) is 17.6. The molecule has 0 aliphatic carbocycles. The van der Waals surface area contributed by atoms with Gasteiger partial charge in [0.15, 0.2) is 6.29 Å². The molecule has 0 saturated carbocycles. The number of carbonyl (C=O) groups is 1. The van der Waals surface area contributed by atoms with Crippen molar-refractivity contribution in [2.24, 2.45) is 0 Å². The van der Waals surface area contributed by atoms with E-state index < -0.39 is 0 Å². The topological polar surface area (TPSA) is 45.8 Å². The molecule has 0 atom stereocenters. The fraction of sp³-hybridized carbons (Fsp3) is 0. The molecule has 12 heavy (non-hydrogen) atoms. The number of nitrogens with one attached hydrogen (secondary N) is 1. The lowest BCUT2D eigenvalue weighted by Gasteiger charge is -1.95. The van der Waals surface area contributed by atoms with Crippen molar-refractivity contribution in [1.82, 2.24) is 9.97 Å². The Balaban J connectivity index is 2.91. The van der Waals surface area contributed by atoms with E-state index >= 15 is 0 Å². The van der Waals surface area contributed by atoms with Crippen molar-refractivity contribution in [3.63, 3.8) is 0 Å². The maximum Gasteiger partial charge on any atom is 0.153 e. The molecule has 2 aromatic rings. The van der Waals surface area contributed by atoms with Crippen molar-refractivity contribution >= 4 is 33.2 Å². The van der Waals surface area contributed by atoms with E-state index in [1.165, 1.54) is 0 Å². The minimum absolute atomic E-state index is 0.591.